The van der Waals surface area contributed by atoms with Gasteiger partial charge in [0.2, 0.25) is 0 Å². The molecule has 0 amide bonds. The zero-order valence-corrected chi connectivity index (χ0v) is 8.01. The minimum atomic E-state index is -0.181. The van der Waals surface area contributed by atoms with Gasteiger partial charge in [0.25, 0.3) is 0 Å². The van der Waals surface area contributed by atoms with E-state index in [1.807, 2.05) is 6.08 Å². The van der Waals surface area contributed by atoms with Crippen LogP contribution in [0.4, 0.5) is 0 Å². The van der Waals surface area contributed by atoms with E-state index in [1.165, 1.54) is 17.6 Å². The van der Waals surface area contributed by atoms with E-state index in [0.717, 1.165) is 19.3 Å². The van der Waals surface area contributed by atoms with E-state index in [1.54, 1.807) is 0 Å². The Kier molecular flexibility index (Phi) is 3.54. The van der Waals surface area contributed by atoms with Crippen LogP contribution in [-0.2, 0) is 0 Å². The summed E-state index contributed by atoms with van der Waals surface area (Å²) in [6.45, 7) is 4.22. The van der Waals surface area contributed by atoms with Gasteiger partial charge in [-0.05, 0) is 39.5 Å². The van der Waals surface area contributed by atoms with Gasteiger partial charge in [-0.15, -0.1) is 0 Å². The molecule has 0 aliphatic heterocycles. The summed E-state index contributed by atoms with van der Waals surface area (Å²) in [5, 5.41) is 9.35. The molecular weight excluding hydrogens is 148 g/mol. The molecule has 1 heteroatoms. The highest BCUT2D eigenvalue weighted by atomic mass is 16.3. The van der Waals surface area contributed by atoms with Crippen LogP contribution in [0.15, 0.2) is 23.3 Å². The van der Waals surface area contributed by atoms with Crippen molar-refractivity contribution < 1.29 is 5.11 Å². The topological polar surface area (TPSA) is 20.2 Å². The molecule has 0 aromatic heterocycles. The smallest absolute Gasteiger partial charge is 0.0723 e. The van der Waals surface area contributed by atoms with Crippen LogP contribution in [-0.4, -0.2) is 11.2 Å². The number of hydrogen-bond donors (Lipinski definition) is 1. The molecule has 12 heavy (non-hydrogen) atoms. The molecule has 1 rings (SSSR count). The van der Waals surface area contributed by atoms with Gasteiger partial charge in [-0.1, -0.05) is 23.3 Å². The normalized spacial score (nSPS) is 23.2. The van der Waals surface area contributed by atoms with Crippen molar-refractivity contribution in [2.45, 2.75) is 45.6 Å². The Labute approximate surface area is 74.8 Å². The Hall–Kier alpha value is -0.560. The van der Waals surface area contributed by atoms with Gasteiger partial charge in [0, 0.05) is 0 Å². The minimum absolute atomic E-state index is 0.181. The molecule has 0 bridgehead atoms. The fourth-order valence-corrected chi connectivity index (χ4v) is 1.48. The number of rotatable bonds is 2. The molecule has 0 saturated heterocycles. The molecule has 1 aliphatic rings. The fourth-order valence-electron chi connectivity index (χ4n) is 1.48. The zero-order chi connectivity index (χ0) is 8.97. The number of hydrogen-bond acceptors (Lipinski definition) is 1. The Balaban J connectivity index is 2.46. The van der Waals surface area contributed by atoms with Crippen LogP contribution in [0, 0.1) is 0 Å². The molecule has 1 N–H and O–H groups in total. The molecule has 0 spiro atoms. The Morgan fingerprint density at radius 3 is 3.00 bits per heavy atom. The molecule has 0 fully saturated rings. The van der Waals surface area contributed by atoms with Gasteiger partial charge in [-0.2, -0.15) is 0 Å². The van der Waals surface area contributed by atoms with Gasteiger partial charge in [0.1, 0.15) is 0 Å². The largest absolute Gasteiger partial charge is 0.389 e. The van der Waals surface area contributed by atoms with Crippen molar-refractivity contribution in [3.8, 4) is 0 Å². The van der Waals surface area contributed by atoms with Crippen molar-refractivity contribution in [2.24, 2.45) is 0 Å². The molecule has 1 atom stereocenters. The highest BCUT2D eigenvalue weighted by molar-refractivity contribution is 5.14. The monoisotopic (exact) mass is 166 g/mol. The van der Waals surface area contributed by atoms with Crippen LogP contribution in [0.3, 0.4) is 0 Å². The molecule has 0 radical (unpaired) electrons. The lowest BCUT2D eigenvalue weighted by molar-refractivity contribution is 0.202. The molecule has 1 nitrogen and oxygen atoms in total. The average Bonchev–Trinajstić information content (AvgIpc) is 2.01. The maximum atomic E-state index is 9.35. The lowest BCUT2D eigenvalue weighted by Crippen LogP contribution is -2.08. The standard InChI is InChI=1S/C11H18O/c1-9(2)6-7-10-4-3-5-11(12)8-10/h6,8,11-12H,3-5,7H2,1-2H3. The average molecular weight is 166 g/mol. The first-order valence-corrected chi connectivity index (χ1v) is 4.69. The summed E-state index contributed by atoms with van der Waals surface area (Å²) in [5.74, 6) is 0. The minimum Gasteiger partial charge on any atom is -0.389 e. The van der Waals surface area contributed by atoms with E-state index < -0.39 is 0 Å². The SMILES string of the molecule is CC(C)=CCC1=CC(O)CCC1. The van der Waals surface area contributed by atoms with E-state index in [2.05, 4.69) is 19.9 Å². The predicted molar refractivity (Wildman–Crippen MR) is 52.0 cm³/mol. The summed E-state index contributed by atoms with van der Waals surface area (Å²) in [4.78, 5) is 0. The van der Waals surface area contributed by atoms with Crippen molar-refractivity contribution >= 4 is 0 Å². The van der Waals surface area contributed by atoms with Crippen molar-refractivity contribution in [1.29, 1.82) is 0 Å². The van der Waals surface area contributed by atoms with E-state index in [9.17, 15) is 5.11 Å². The third-order valence-electron chi connectivity index (χ3n) is 2.20. The first-order chi connectivity index (χ1) is 5.68. The van der Waals surface area contributed by atoms with Gasteiger partial charge < -0.3 is 5.11 Å². The van der Waals surface area contributed by atoms with Gasteiger partial charge in [0.05, 0.1) is 6.10 Å². The highest BCUT2D eigenvalue weighted by Gasteiger charge is 2.08. The molecular formula is C11H18O. The molecule has 68 valence electrons. The van der Waals surface area contributed by atoms with Gasteiger partial charge >= 0.3 is 0 Å². The first kappa shape index (κ1) is 9.53. The van der Waals surface area contributed by atoms with E-state index in [0.29, 0.717) is 0 Å². The zero-order valence-electron chi connectivity index (χ0n) is 8.01. The maximum absolute atomic E-state index is 9.35. The van der Waals surface area contributed by atoms with Crippen LogP contribution in [0.5, 0.6) is 0 Å². The number of aliphatic hydroxyl groups excluding tert-OH is 1. The van der Waals surface area contributed by atoms with Crippen molar-refractivity contribution in [3.63, 3.8) is 0 Å². The lowest BCUT2D eigenvalue weighted by atomic mass is 9.95. The Bertz CT molecular complexity index is 197. The summed E-state index contributed by atoms with van der Waals surface area (Å²) in [6, 6.07) is 0. The van der Waals surface area contributed by atoms with Crippen molar-refractivity contribution in [2.75, 3.05) is 0 Å². The first-order valence-electron chi connectivity index (χ1n) is 4.69. The van der Waals surface area contributed by atoms with E-state index in [-0.39, 0.29) is 6.10 Å². The van der Waals surface area contributed by atoms with E-state index in [4.69, 9.17) is 0 Å². The van der Waals surface area contributed by atoms with Crippen LogP contribution in [0.1, 0.15) is 39.5 Å². The molecule has 0 aromatic rings. The molecule has 1 unspecified atom stereocenters. The molecule has 0 aromatic carbocycles. The third kappa shape index (κ3) is 3.22. The van der Waals surface area contributed by atoms with Crippen LogP contribution < -0.4 is 0 Å². The van der Waals surface area contributed by atoms with Gasteiger partial charge in [-0.25, -0.2) is 0 Å². The second kappa shape index (κ2) is 4.46. The second-order valence-electron chi connectivity index (χ2n) is 3.77. The molecule has 0 heterocycles. The summed E-state index contributed by atoms with van der Waals surface area (Å²) < 4.78 is 0. The van der Waals surface area contributed by atoms with Crippen LogP contribution >= 0.6 is 0 Å². The second-order valence-corrected chi connectivity index (χ2v) is 3.77. The quantitative estimate of drug-likeness (QED) is 0.625. The summed E-state index contributed by atoms with van der Waals surface area (Å²) in [6.07, 6.45) is 8.34. The summed E-state index contributed by atoms with van der Waals surface area (Å²) in [5.41, 5.74) is 2.76. The maximum Gasteiger partial charge on any atom is 0.0723 e. The fraction of sp³-hybridized carbons (Fsp3) is 0.636. The predicted octanol–water partition coefficient (Wildman–Crippen LogP) is 2.81. The van der Waals surface area contributed by atoms with Crippen molar-refractivity contribution in [3.05, 3.63) is 23.3 Å². The van der Waals surface area contributed by atoms with E-state index >= 15 is 0 Å². The molecule has 0 saturated carbocycles. The summed E-state index contributed by atoms with van der Waals surface area (Å²) >= 11 is 0. The molecule has 1 aliphatic carbocycles. The Morgan fingerprint density at radius 1 is 1.67 bits per heavy atom. The van der Waals surface area contributed by atoms with Crippen molar-refractivity contribution in [1.82, 2.24) is 0 Å². The summed E-state index contributed by atoms with van der Waals surface area (Å²) in [7, 11) is 0. The highest BCUT2D eigenvalue weighted by Crippen LogP contribution is 2.21. The Morgan fingerprint density at radius 2 is 2.42 bits per heavy atom. The van der Waals surface area contributed by atoms with Gasteiger partial charge in [-0.3, -0.25) is 0 Å². The van der Waals surface area contributed by atoms with Gasteiger partial charge in [0.15, 0.2) is 0 Å². The van der Waals surface area contributed by atoms with Crippen LogP contribution in [0.2, 0.25) is 0 Å². The van der Waals surface area contributed by atoms with Crippen LogP contribution in [0.25, 0.3) is 0 Å². The number of aliphatic hydroxyl groups is 1. The third-order valence-corrected chi connectivity index (χ3v) is 2.20. The lowest BCUT2D eigenvalue weighted by Gasteiger charge is -2.15. The number of allylic oxidation sites excluding steroid dienone is 3.